The number of rotatable bonds is 6. The van der Waals surface area contributed by atoms with Crippen LogP contribution in [0.3, 0.4) is 0 Å². The molecule has 1 aliphatic heterocycles. The van der Waals surface area contributed by atoms with Crippen molar-refractivity contribution in [2.24, 2.45) is 5.92 Å². The molecule has 1 atom stereocenters. The van der Waals surface area contributed by atoms with E-state index in [9.17, 15) is 4.79 Å². The third-order valence-corrected chi connectivity index (χ3v) is 4.33. The Morgan fingerprint density at radius 3 is 3.00 bits per heavy atom. The van der Waals surface area contributed by atoms with Crippen molar-refractivity contribution >= 4 is 5.91 Å². The average molecular weight is 328 g/mol. The fraction of sp³-hybridized carbons (Fsp3) is 0.500. The number of hydrogen-bond acceptors (Lipinski definition) is 5. The standard InChI is InChI=1S/C18H24N4O2/c1-14-6-5-10-22(13-14)11-9-17(23)19-12-16-20-18(24-21-16)15-7-3-2-4-8-15/h2-4,7-8,14H,5-6,9-13H2,1H3,(H,19,23)/t14-/m1/s1. The molecule has 1 aromatic carbocycles. The van der Waals surface area contributed by atoms with Gasteiger partial charge in [-0.3, -0.25) is 4.79 Å². The fourth-order valence-electron chi connectivity index (χ4n) is 3.04. The van der Waals surface area contributed by atoms with E-state index < -0.39 is 0 Å². The first-order valence-corrected chi connectivity index (χ1v) is 8.58. The summed E-state index contributed by atoms with van der Waals surface area (Å²) in [5.74, 6) is 1.73. The highest BCUT2D eigenvalue weighted by Gasteiger charge is 2.17. The summed E-state index contributed by atoms with van der Waals surface area (Å²) in [7, 11) is 0. The number of piperidine rings is 1. The largest absolute Gasteiger partial charge is 0.349 e. The monoisotopic (exact) mass is 328 g/mol. The van der Waals surface area contributed by atoms with Crippen LogP contribution >= 0.6 is 0 Å². The maximum absolute atomic E-state index is 12.0. The molecule has 6 heteroatoms. The molecule has 2 heterocycles. The minimum Gasteiger partial charge on any atom is -0.349 e. The zero-order chi connectivity index (χ0) is 16.8. The summed E-state index contributed by atoms with van der Waals surface area (Å²) >= 11 is 0. The first-order valence-electron chi connectivity index (χ1n) is 8.58. The van der Waals surface area contributed by atoms with Crippen LogP contribution in [-0.4, -0.2) is 40.6 Å². The molecule has 6 nitrogen and oxygen atoms in total. The Morgan fingerprint density at radius 1 is 1.38 bits per heavy atom. The van der Waals surface area contributed by atoms with Gasteiger partial charge in [0.05, 0.1) is 6.54 Å². The van der Waals surface area contributed by atoms with E-state index in [0.29, 0.717) is 24.7 Å². The van der Waals surface area contributed by atoms with Gasteiger partial charge in [0, 0.05) is 25.1 Å². The van der Waals surface area contributed by atoms with E-state index in [1.165, 1.54) is 12.8 Å². The van der Waals surface area contributed by atoms with Crippen molar-refractivity contribution in [3.63, 3.8) is 0 Å². The van der Waals surface area contributed by atoms with Crippen molar-refractivity contribution in [2.45, 2.75) is 32.7 Å². The van der Waals surface area contributed by atoms with E-state index in [1.807, 2.05) is 30.3 Å². The van der Waals surface area contributed by atoms with Crippen LogP contribution in [0.25, 0.3) is 11.5 Å². The minimum absolute atomic E-state index is 0.0271. The molecule has 0 unspecified atom stereocenters. The van der Waals surface area contributed by atoms with Crippen LogP contribution in [0.1, 0.15) is 32.0 Å². The van der Waals surface area contributed by atoms with E-state index in [1.54, 1.807) is 0 Å². The first kappa shape index (κ1) is 16.6. The van der Waals surface area contributed by atoms with Gasteiger partial charge in [-0.15, -0.1) is 0 Å². The lowest BCUT2D eigenvalue weighted by atomic mass is 10.0. The molecule has 0 radical (unpaired) electrons. The van der Waals surface area contributed by atoms with Gasteiger partial charge in [0.2, 0.25) is 5.91 Å². The molecule has 128 valence electrons. The Bertz CT molecular complexity index is 656. The summed E-state index contributed by atoms with van der Waals surface area (Å²) in [6.07, 6.45) is 3.04. The molecule has 1 N–H and O–H groups in total. The maximum Gasteiger partial charge on any atom is 0.257 e. The molecule has 0 saturated carbocycles. The molecular formula is C18H24N4O2. The molecule has 1 amide bonds. The minimum atomic E-state index is 0.0271. The van der Waals surface area contributed by atoms with Gasteiger partial charge in [-0.25, -0.2) is 0 Å². The number of benzene rings is 1. The van der Waals surface area contributed by atoms with Crippen LogP contribution in [0, 0.1) is 5.92 Å². The van der Waals surface area contributed by atoms with E-state index in [-0.39, 0.29) is 5.91 Å². The molecule has 0 aliphatic carbocycles. The fourth-order valence-corrected chi connectivity index (χ4v) is 3.04. The molecule has 1 aromatic heterocycles. The number of aromatic nitrogens is 2. The van der Waals surface area contributed by atoms with Gasteiger partial charge in [-0.05, 0) is 37.4 Å². The Hall–Kier alpha value is -2.21. The predicted molar refractivity (Wildman–Crippen MR) is 91.0 cm³/mol. The highest BCUT2D eigenvalue weighted by molar-refractivity contribution is 5.75. The van der Waals surface area contributed by atoms with Crippen LogP contribution in [0.2, 0.25) is 0 Å². The lowest BCUT2D eigenvalue weighted by Crippen LogP contribution is -2.37. The summed E-state index contributed by atoms with van der Waals surface area (Å²) < 4.78 is 5.23. The zero-order valence-corrected chi connectivity index (χ0v) is 14.1. The van der Waals surface area contributed by atoms with Crippen molar-refractivity contribution in [1.29, 1.82) is 0 Å². The predicted octanol–water partition coefficient (Wildman–Crippen LogP) is 2.47. The summed E-state index contributed by atoms with van der Waals surface area (Å²) in [5.41, 5.74) is 0.877. The lowest BCUT2D eigenvalue weighted by Gasteiger charge is -2.30. The number of amides is 1. The van der Waals surface area contributed by atoms with E-state index in [0.717, 1.165) is 31.1 Å². The van der Waals surface area contributed by atoms with Crippen LogP contribution in [0.4, 0.5) is 0 Å². The first-order chi connectivity index (χ1) is 11.7. The van der Waals surface area contributed by atoms with Crippen molar-refractivity contribution < 1.29 is 9.32 Å². The second-order valence-electron chi connectivity index (χ2n) is 6.46. The van der Waals surface area contributed by atoms with Gasteiger partial charge in [0.1, 0.15) is 0 Å². The third kappa shape index (κ3) is 4.64. The highest BCUT2D eigenvalue weighted by atomic mass is 16.5. The smallest absolute Gasteiger partial charge is 0.257 e. The molecule has 3 rings (SSSR count). The second-order valence-corrected chi connectivity index (χ2v) is 6.46. The molecule has 24 heavy (non-hydrogen) atoms. The van der Waals surface area contributed by atoms with Gasteiger partial charge in [-0.1, -0.05) is 30.3 Å². The number of nitrogens with zero attached hydrogens (tertiary/aromatic N) is 3. The maximum atomic E-state index is 12.0. The summed E-state index contributed by atoms with van der Waals surface area (Å²) in [4.78, 5) is 18.7. The van der Waals surface area contributed by atoms with Gasteiger partial charge in [-0.2, -0.15) is 4.98 Å². The van der Waals surface area contributed by atoms with Gasteiger partial charge >= 0.3 is 0 Å². The SMILES string of the molecule is C[C@@H]1CCCN(CCC(=O)NCc2noc(-c3ccccc3)n2)C1. The molecule has 0 spiro atoms. The van der Waals surface area contributed by atoms with E-state index in [2.05, 4.69) is 27.3 Å². The highest BCUT2D eigenvalue weighted by Crippen LogP contribution is 2.16. The van der Waals surface area contributed by atoms with Crippen LogP contribution in [-0.2, 0) is 11.3 Å². The van der Waals surface area contributed by atoms with Crippen LogP contribution in [0.15, 0.2) is 34.9 Å². The topological polar surface area (TPSA) is 71.3 Å². The Labute approximate surface area is 142 Å². The normalized spacial score (nSPS) is 18.5. The lowest BCUT2D eigenvalue weighted by molar-refractivity contribution is -0.121. The average Bonchev–Trinajstić information content (AvgIpc) is 3.08. The Kier molecular flexibility index (Phi) is 5.59. The quantitative estimate of drug-likeness (QED) is 0.882. The molecule has 1 aliphatic rings. The summed E-state index contributed by atoms with van der Waals surface area (Å²) in [6, 6.07) is 9.60. The number of carbonyl (C=O) groups excluding carboxylic acids is 1. The van der Waals surface area contributed by atoms with Crippen molar-refractivity contribution in [3.8, 4) is 11.5 Å². The third-order valence-electron chi connectivity index (χ3n) is 4.33. The summed E-state index contributed by atoms with van der Waals surface area (Å²) in [5, 5.41) is 6.78. The van der Waals surface area contributed by atoms with Gasteiger partial charge in [0.25, 0.3) is 5.89 Å². The zero-order valence-electron chi connectivity index (χ0n) is 14.1. The molecule has 1 saturated heterocycles. The molecule has 2 aromatic rings. The van der Waals surface area contributed by atoms with E-state index in [4.69, 9.17) is 4.52 Å². The van der Waals surface area contributed by atoms with Gasteiger partial charge in [0.15, 0.2) is 5.82 Å². The number of hydrogen-bond donors (Lipinski definition) is 1. The van der Waals surface area contributed by atoms with Crippen molar-refractivity contribution in [3.05, 3.63) is 36.2 Å². The van der Waals surface area contributed by atoms with Crippen molar-refractivity contribution in [1.82, 2.24) is 20.4 Å². The number of carbonyl (C=O) groups is 1. The number of nitrogens with one attached hydrogen (secondary N) is 1. The Balaban J connectivity index is 1.42. The molecule has 1 fully saturated rings. The van der Waals surface area contributed by atoms with Crippen molar-refractivity contribution in [2.75, 3.05) is 19.6 Å². The second kappa shape index (κ2) is 8.06. The number of likely N-dealkylation sites (tertiary alicyclic amines) is 1. The molecular weight excluding hydrogens is 304 g/mol. The van der Waals surface area contributed by atoms with Crippen LogP contribution < -0.4 is 5.32 Å². The van der Waals surface area contributed by atoms with Gasteiger partial charge < -0.3 is 14.7 Å². The summed E-state index contributed by atoms with van der Waals surface area (Å²) in [6.45, 7) is 5.58. The van der Waals surface area contributed by atoms with E-state index >= 15 is 0 Å². The molecule has 0 bridgehead atoms. The van der Waals surface area contributed by atoms with Crippen LogP contribution in [0.5, 0.6) is 0 Å². The Morgan fingerprint density at radius 2 is 2.21 bits per heavy atom.